The first-order chi connectivity index (χ1) is 10.7. The van der Waals surface area contributed by atoms with Gasteiger partial charge in [0, 0.05) is 43.6 Å². The van der Waals surface area contributed by atoms with Crippen molar-refractivity contribution in [2.24, 2.45) is 0 Å². The number of hydrogen-bond donors (Lipinski definition) is 2. The van der Waals surface area contributed by atoms with E-state index < -0.39 is 0 Å². The van der Waals surface area contributed by atoms with Gasteiger partial charge in [-0.05, 0) is 31.2 Å². The Balaban J connectivity index is 1.79. The van der Waals surface area contributed by atoms with Gasteiger partial charge in [0.25, 0.3) is 0 Å². The summed E-state index contributed by atoms with van der Waals surface area (Å²) in [5.74, 6) is 2.44. The fourth-order valence-corrected chi connectivity index (χ4v) is 2.45. The second-order valence-electron chi connectivity index (χ2n) is 5.29. The smallest absolute Gasteiger partial charge is 0.227 e. The molecule has 3 rings (SSSR count). The van der Waals surface area contributed by atoms with E-state index in [1.54, 1.807) is 7.11 Å². The van der Waals surface area contributed by atoms with E-state index in [1.165, 1.54) is 0 Å². The van der Waals surface area contributed by atoms with Gasteiger partial charge in [-0.15, -0.1) is 0 Å². The topological polar surface area (TPSA) is 62.3 Å². The highest BCUT2D eigenvalue weighted by molar-refractivity contribution is 5.58. The Morgan fingerprint density at radius 3 is 2.55 bits per heavy atom. The van der Waals surface area contributed by atoms with Gasteiger partial charge in [0.1, 0.15) is 11.6 Å². The van der Waals surface area contributed by atoms with Gasteiger partial charge in [0.15, 0.2) is 0 Å². The fraction of sp³-hybridized carbons (Fsp3) is 0.375. The number of benzene rings is 1. The van der Waals surface area contributed by atoms with Crippen LogP contribution in [0.5, 0.6) is 5.75 Å². The van der Waals surface area contributed by atoms with Crippen LogP contribution in [0.25, 0.3) is 0 Å². The lowest BCUT2D eigenvalue weighted by atomic mass is 10.3. The van der Waals surface area contributed by atoms with Crippen molar-refractivity contribution in [3.05, 3.63) is 36.0 Å². The van der Waals surface area contributed by atoms with E-state index in [2.05, 4.69) is 25.5 Å². The van der Waals surface area contributed by atoms with Crippen LogP contribution in [0.3, 0.4) is 0 Å². The minimum absolute atomic E-state index is 0.789. The molecule has 1 aromatic carbocycles. The van der Waals surface area contributed by atoms with E-state index in [4.69, 9.17) is 4.74 Å². The molecular weight excluding hydrogens is 278 g/mol. The van der Waals surface area contributed by atoms with Crippen LogP contribution in [0.4, 0.5) is 17.5 Å². The average molecular weight is 299 g/mol. The lowest BCUT2D eigenvalue weighted by Crippen LogP contribution is -2.44. The number of ether oxygens (including phenoxy) is 1. The summed E-state index contributed by atoms with van der Waals surface area (Å²) in [6.45, 7) is 5.81. The number of anilines is 3. The van der Waals surface area contributed by atoms with Crippen LogP contribution < -0.4 is 20.3 Å². The Morgan fingerprint density at radius 1 is 1.14 bits per heavy atom. The zero-order chi connectivity index (χ0) is 15.4. The Labute approximate surface area is 130 Å². The molecule has 0 saturated carbocycles. The van der Waals surface area contributed by atoms with E-state index in [-0.39, 0.29) is 0 Å². The monoisotopic (exact) mass is 299 g/mol. The van der Waals surface area contributed by atoms with Gasteiger partial charge in [0.2, 0.25) is 5.95 Å². The third kappa shape index (κ3) is 3.46. The quantitative estimate of drug-likeness (QED) is 0.900. The summed E-state index contributed by atoms with van der Waals surface area (Å²) in [6.07, 6.45) is 0. The van der Waals surface area contributed by atoms with Gasteiger partial charge >= 0.3 is 0 Å². The molecule has 1 saturated heterocycles. The van der Waals surface area contributed by atoms with Crippen LogP contribution in [0.2, 0.25) is 0 Å². The molecule has 22 heavy (non-hydrogen) atoms. The summed E-state index contributed by atoms with van der Waals surface area (Å²) in [5, 5.41) is 6.67. The minimum Gasteiger partial charge on any atom is -0.497 e. The molecule has 0 atom stereocenters. The van der Waals surface area contributed by atoms with Gasteiger partial charge in [-0.3, -0.25) is 0 Å². The molecule has 1 aliphatic heterocycles. The molecule has 0 unspecified atom stereocenters. The van der Waals surface area contributed by atoms with Crippen LogP contribution in [0.15, 0.2) is 30.3 Å². The average Bonchev–Trinajstić information content (AvgIpc) is 2.56. The predicted octanol–water partition coefficient (Wildman–Crippen LogP) is 1.95. The van der Waals surface area contributed by atoms with Crippen molar-refractivity contribution in [3.8, 4) is 5.75 Å². The Bertz CT molecular complexity index is 623. The molecule has 6 nitrogen and oxygen atoms in total. The largest absolute Gasteiger partial charge is 0.497 e. The summed E-state index contributed by atoms with van der Waals surface area (Å²) < 4.78 is 5.17. The van der Waals surface area contributed by atoms with Crippen LogP contribution in [-0.4, -0.2) is 43.3 Å². The van der Waals surface area contributed by atoms with Crippen LogP contribution in [-0.2, 0) is 0 Å². The lowest BCUT2D eigenvalue weighted by molar-refractivity contribution is 0.415. The van der Waals surface area contributed by atoms with E-state index in [9.17, 15) is 0 Å². The molecule has 2 heterocycles. The summed E-state index contributed by atoms with van der Waals surface area (Å²) >= 11 is 0. The Hall–Kier alpha value is -2.34. The fourth-order valence-electron chi connectivity index (χ4n) is 2.45. The zero-order valence-corrected chi connectivity index (χ0v) is 13.0. The maximum absolute atomic E-state index is 5.17. The highest BCUT2D eigenvalue weighted by atomic mass is 16.5. The zero-order valence-electron chi connectivity index (χ0n) is 13.0. The molecular formula is C16H21N5O. The highest BCUT2D eigenvalue weighted by Crippen LogP contribution is 2.21. The van der Waals surface area contributed by atoms with Gasteiger partial charge in [-0.1, -0.05) is 0 Å². The molecule has 116 valence electrons. The van der Waals surface area contributed by atoms with Crippen LogP contribution in [0.1, 0.15) is 5.69 Å². The molecule has 2 aromatic rings. The van der Waals surface area contributed by atoms with Crippen LogP contribution in [0, 0.1) is 6.92 Å². The van der Waals surface area contributed by atoms with Crippen molar-refractivity contribution in [3.63, 3.8) is 0 Å². The van der Waals surface area contributed by atoms with Crippen molar-refractivity contribution < 1.29 is 4.74 Å². The van der Waals surface area contributed by atoms with Crippen molar-refractivity contribution in [1.82, 2.24) is 15.3 Å². The molecule has 1 aliphatic rings. The van der Waals surface area contributed by atoms with E-state index in [0.717, 1.165) is 55.1 Å². The highest BCUT2D eigenvalue weighted by Gasteiger charge is 2.14. The van der Waals surface area contributed by atoms with Gasteiger partial charge < -0.3 is 20.3 Å². The van der Waals surface area contributed by atoms with Crippen molar-refractivity contribution in [2.45, 2.75) is 6.92 Å². The van der Waals surface area contributed by atoms with E-state index in [0.29, 0.717) is 0 Å². The summed E-state index contributed by atoms with van der Waals surface area (Å²) in [5.41, 5.74) is 1.93. The van der Waals surface area contributed by atoms with Crippen LogP contribution >= 0.6 is 0 Å². The molecule has 0 aliphatic carbocycles. The number of aromatic nitrogens is 2. The third-order valence-electron chi connectivity index (χ3n) is 3.60. The number of rotatable bonds is 4. The first-order valence-corrected chi connectivity index (χ1v) is 7.47. The summed E-state index contributed by atoms with van der Waals surface area (Å²) in [7, 11) is 1.66. The Kier molecular flexibility index (Phi) is 4.39. The molecule has 1 fully saturated rings. The Morgan fingerprint density at radius 2 is 1.86 bits per heavy atom. The second kappa shape index (κ2) is 6.62. The SMILES string of the molecule is COc1ccc(Nc2cc(C)nc(N3CCNCC3)n2)cc1. The van der Waals surface area contributed by atoms with Crippen molar-refractivity contribution in [1.29, 1.82) is 0 Å². The summed E-state index contributed by atoms with van der Waals surface area (Å²) in [4.78, 5) is 11.4. The number of piperazine rings is 1. The van der Waals surface area contributed by atoms with Crippen molar-refractivity contribution in [2.75, 3.05) is 43.5 Å². The third-order valence-corrected chi connectivity index (χ3v) is 3.60. The molecule has 6 heteroatoms. The molecule has 0 radical (unpaired) electrons. The van der Waals surface area contributed by atoms with Gasteiger partial charge in [-0.25, -0.2) is 4.98 Å². The molecule has 0 bridgehead atoms. The lowest BCUT2D eigenvalue weighted by Gasteiger charge is -2.27. The molecule has 2 N–H and O–H groups in total. The first kappa shape index (κ1) is 14.6. The number of nitrogens with one attached hydrogen (secondary N) is 2. The predicted molar refractivity (Wildman–Crippen MR) is 88.1 cm³/mol. The minimum atomic E-state index is 0.789. The number of hydrogen-bond acceptors (Lipinski definition) is 6. The number of aryl methyl sites for hydroxylation is 1. The maximum atomic E-state index is 5.17. The summed E-state index contributed by atoms with van der Waals surface area (Å²) in [6, 6.07) is 9.75. The number of methoxy groups -OCH3 is 1. The molecule has 1 aromatic heterocycles. The number of nitrogens with zero attached hydrogens (tertiary/aromatic N) is 3. The van der Waals surface area contributed by atoms with E-state index in [1.807, 2.05) is 37.3 Å². The second-order valence-corrected chi connectivity index (χ2v) is 5.29. The van der Waals surface area contributed by atoms with Crippen molar-refractivity contribution >= 4 is 17.5 Å². The first-order valence-electron chi connectivity index (χ1n) is 7.47. The van der Waals surface area contributed by atoms with Gasteiger partial charge in [-0.2, -0.15) is 4.98 Å². The maximum Gasteiger partial charge on any atom is 0.227 e. The molecule has 0 spiro atoms. The normalized spacial score (nSPS) is 14.7. The molecule has 0 amide bonds. The van der Waals surface area contributed by atoms with E-state index >= 15 is 0 Å². The van der Waals surface area contributed by atoms with Gasteiger partial charge in [0.05, 0.1) is 7.11 Å². The standard InChI is InChI=1S/C16H21N5O/c1-12-11-15(19-13-3-5-14(22-2)6-4-13)20-16(18-12)21-9-7-17-8-10-21/h3-6,11,17H,7-10H2,1-2H3,(H,18,19,20).